The van der Waals surface area contributed by atoms with Crippen LogP contribution in [0.15, 0.2) is 54.7 Å². The summed E-state index contributed by atoms with van der Waals surface area (Å²) in [7, 11) is 0. The summed E-state index contributed by atoms with van der Waals surface area (Å²) in [6.07, 6.45) is 0.539. The monoisotopic (exact) mass is 396 g/mol. The zero-order valence-electron chi connectivity index (χ0n) is 15.6. The Hall–Kier alpha value is -3.19. The molecule has 1 aliphatic heterocycles. The molecule has 7 heteroatoms. The van der Waals surface area contributed by atoms with Crippen LogP contribution in [0.4, 0.5) is 4.39 Å². The molecule has 150 valence electrons. The minimum absolute atomic E-state index is 0.0705. The first-order chi connectivity index (χ1) is 13.9. The fourth-order valence-electron chi connectivity index (χ4n) is 4.14. The number of likely N-dealkylation sites (tertiary alicyclic amines) is 1. The molecule has 4 rings (SSSR count). The highest BCUT2D eigenvalue weighted by atomic mass is 19.1. The molecule has 1 saturated heterocycles. The summed E-state index contributed by atoms with van der Waals surface area (Å²) < 4.78 is 13.6. The number of amides is 1. The normalized spacial score (nSPS) is 22.0. The van der Waals surface area contributed by atoms with Gasteiger partial charge in [-0.3, -0.25) is 9.59 Å². The third-order valence-electron chi connectivity index (χ3n) is 5.72. The molecule has 2 heterocycles. The van der Waals surface area contributed by atoms with E-state index in [1.54, 1.807) is 12.3 Å². The van der Waals surface area contributed by atoms with Gasteiger partial charge in [-0.2, -0.15) is 0 Å². The molecular formula is C22H21FN2O4. The summed E-state index contributed by atoms with van der Waals surface area (Å²) in [4.78, 5) is 29.9. The molecule has 2 aromatic carbocycles. The van der Waals surface area contributed by atoms with E-state index in [1.807, 2.05) is 24.3 Å². The minimum atomic E-state index is -1.60. The highest BCUT2D eigenvalue weighted by Crippen LogP contribution is 2.36. The second kappa shape index (κ2) is 7.33. The number of benzene rings is 2. The molecular weight excluding hydrogens is 375 g/mol. The summed E-state index contributed by atoms with van der Waals surface area (Å²) in [5.74, 6) is -1.97. The number of halogens is 1. The lowest BCUT2D eigenvalue weighted by atomic mass is 9.72. The van der Waals surface area contributed by atoms with E-state index in [1.165, 1.54) is 23.1 Å². The third-order valence-corrected chi connectivity index (χ3v) is 5.72. The zero-order chi connectivity index (χ0) is 20.6. The molecule has 6 nitrogen and oxygen atoms in total. The van der Waals surface area contributed by atoms with Crippen molar-refractivity contribution in [3.63, 3.8) is 0 Å². The number of nitrogens with zero attached hydrogens (tertiary/aromatic N) is 1. The van der Waals surface area contributed by atoms with Gasteiger partial charge in [0.15, 0.2) is 0 Å². The molecule has 0 unspecified atom stereocenters. The van der Waals surface area contributed by atoms with Gasteiger partial charge in [0, 0.05) is 30.2 Å². The Morgan fingerprint density at radius 3 is 2.76 bits per heavy atom. The number of carbonyl (C=O) groups excluding carboxylic acids is 1. The molecule has 0 radical (unpaired) electrons. The van der Waals surface area contributed by atoms with Crippen molar-refractivity contribution in [3.8, 4) is 0 Å². The average molecular weight is 396 g/mol. The molecule has 0 aliphatic carbocycles. The van der Waals surface area contributed by atoms with Crippen LogP contribution in [0.25, 0.3) is 10.9 Å². The molecule has 0 spiro atoms. The number of rotatable bonds is 4. The van der Waals surface area contributed by atoms with Crippen LogP contribution in [0.5, 0.6) is 0 Å². The molecule has 1 fully saturated rings. The van der Waals surface area contributed by atoms with Crippen molar-refractivity contribution in [1.29, 1.82) is 0 Å². The van der Waals surface area contributed by atoms with Gasteiger partial charge in [0.25, 0.3) is 5.91 Å². The summed E-state index contributed by atoms with van der Waals surface area (Å²) in [6.45, 7) is 0.0933. The number of carboxylic acid groups (broad SMARTS) is 1. The largest absolute Gasteiger partial charge is 0.481 e. The fraction of sp³-hybridized carbons (Fsp3) is 0.273. The maximum atomic E-state index is 13.6. The Morgan fingerprint density at radius 1 is 1.21 bits per heavy atom. The van der Waals surface area contributed by atoms with E-state index < -0.39 is 23.3 Å². The SMILES string of the molecule is O=C(c1c[nH]c2ccccc12)N1CC[C@H](O)[C@](Cc2cccc(F)c2)(C(=O)O)C1. The van der Waals surface area contributed by atoms with Crippen LogP contribution in [0.1, 0.15) is 22.3 Å². The summed E-state index contributed by atoms with van der Waals surface area (Å²) in [6, 6.07) is 13.0. The maximum absolute atomic E-state index is 13.6. The van der Waals surface area contributed by atoms with Gasteiger partial charge in [-0.15, -0.1) is 0 Å². The smallest absolute Gasteiger partial charge is 0.314 e. The van der Waals surface area contributed by atoms with E-state index in [-0.39, 0.29) is 31.8 Å². The number of carbonyl (C=O) groups is 2. The lowest BCUT2D eigenvalue weighted by Crippen LogP contribution is -2.58. The maximum Gasteiger partial charge on any atom is 0.314 e. The Bertz CT molecular complexity index is 1080. The second-order valence-corrected chi connectivity index (χ2v) is 7.55. The Morgan fingerprint density at radius 2 is 2.00 bits per heavy atom. The lowest BCUT2D eigenvalue weighted by Gasteiger charge is -2.43. The van der Waals surface area contributed by atoms with Gasteiger partial charge in [-0.25, -0.2) is 4.39 Å². The highest BCUT2D eigenvalue weighted by Gasteiger charge is 2.50. The number of hydrogen-bond donors (Lipinski definition) is 3. The number of H-pyrrole nitrogens is 1. The molecule has 29 heavy (non-hydrogen) atoms. The number of aliphatic hydroxyl groups is 1. The Kier molecular flexibility index (Phi) is 4.84. The Labute approximate surface area is 166 Å². The van der Waals surface area contributed by atoms with Crippen LogP contribution in [-0.2, 0) is 11.2 Å². The predicted octanol–water partition coefficient (Wildman–Crippen LogP) is 2.83. The molecule has 1 amide bonds. The van der Waals surface area contributed by atoms with Crippen molar-refractivity contribution in [2.75, 3.05) is 13.1 Å². The zero-order valence-corrected chi connectivity index (χ0v) is 15.6. The van der Waals surface area contributed by atoms with E-state index in [9.17, 15) is 24.2 Å². The topological polar surface area (TPSA) is 93.6 Å². The molecule has 3 aromatic rings. The van der Waals surface area contributed by atoms with Crippen LogP contribution in [-0.4, -0.2) is 51.2 Å². The molecule has 1 aromatic heterocycles. The van der Waals surface area contributed by atoms with Gasteiger partial charge in [-0.1, -0.05) is 30.3 Å². The number of aromatic amines is 1. The van der Waals surface area contributed by atoms with E-state index in [0.717, 1.165) is 10.9 Å². The van der Waals surface area contributed by atoms with Crippen LogP contribution >= 0.6 is 0 Å². The van der Waals surface area contributed by atoms with Crippen molar-refractivity contribution >= 4 is 22.8 Å². The van der Waals surface area contributed by atoms with Gasteiger partial charge < -0.3 is 20.1 Å². The van der Waals surface area contributed by atoms with Crippen molar-refractivity contribution in [2.24, 2.45) is 5.41 Å². The summed E-state index contributed by atoms with van der Waals surface area (Å²) in [5, 5.41) is 21.4. The molecule has 3 N–H and O–H groups in total. The van der Waals surface area contributed by atoms with Gasteiger partial charge in [0.1, 0.15) is 11.2 Å². The number of piperidine rings is 1. The number of aromatic nitrogens is 1. The average Bonchev–Trinajstić information content (AvgIpc) is 3.13. The van der Waals surface area contributed by atoms with E-state index in [2.05, 4.69) is 4.98 Å². The highest BCUT2D eigenvalue weighted by molar-refractivity contribution is 6.06. The quantitative estimate of drug-likeness (QED) is 0.632. The predicted molar refractivity (Wildman–Crippen MR) is 105 cm³/mol. The van der Waals surface area contributed by atoms with Gasteiger partial charge in [0.05, 0.1) is 11.7 Å². The lowest BCUT2D eigenvalue weighted by molar-refractivity contribution is -0.161. The third kappa shape index (κ3) is 3.38. The number of aliphatic hydroxyl groups excluding tert-OH is 1. The van der Waals surface area contributed by atoms with E-state index >= 15 is 0 Å². The van der Waals surface area contributed by atoms with Crippen LogP contribution in [0, 0.1) is 11.2 Å². The number of nitrogens with one attached hydrogen (secondary N) is 1. The number of aliphatic carboxylic acids is 1. The number of carboxylic acids is 1. The van der Waals surface area contributed by atoms with Gasteiger partial charge >= 0.3 is 5.97 Å². The van der Waals surface area contributed by atoms with Crippen molar-refractivity contribution in [2.45, 2.75) is 18.9 Å². The number of hydrogen-bond acceptors (Lipinski definition) is 3. The van der Waals surface area contributed by atoms with E-state index in [0.29, 0.717) is 11.1 Å². The summed E-state index contributed by atoms with van der Waals surface area (Å²) in [5.41, 5.74) is 0.139. The molecule has 1 aliphatic rings. The van der Waals surface area contributed by atoms with Crippen LogP contribution in [0.3, 0.4) is 0 Å². The van der Waals surface area contributed by atoms with Crippen molar-refractivity contribution in [3.05, 3.63) is 71.7 Å². The van der Waals surface area contributed by atoms with E-state index in [4.69, 9.17) is 0 Å². The number of para-hydroxylation sites is 1. The van der Waals surface area contributed by atoms with Crippen LogP contribution < -0.4 is 0 Å². The van der Waals surface area contributed by atoms with Crippen molar-refractivity contribution in [1.82, 2.24) is 9.88 Å². The first-order valence-electron chi connectivity index (χ1n) is 9.42. The van der Waals surface area contributed by atoms with Gasteiger partial charge in [0.2, 0.25) is 0 Å². The minimum Gasteiger partial charge on any atom is -0.481 e. The standard InChI is InChI=1S/C22H21FN2O4/c23-15-5-3-4-14(10-15)11-22(21(28)29)13-25(9-8-19(22)26)20(27)17-12-24-18-7-2-1-6-16(17)18/h1-7,10,12,19,24,26H,8-9,11,13H2,(H,28,29)/t19-,22+/m0/s1. The van der Waals surface area contributed by atoms with Crippen LogP contribution in [0.2, 0.25) is 0 Å². The molecule has 0 saturated carbocycles. The molecule has 2 atom stereocenters. The fourth-order valence-corrected chi connectivity index (χ4v) is 4.14. The molecule has 0 bridgehead atoms. The first kappa shape index (κ1) is 19.1. The second-order valence-electron chi connectivity index (χ2n) is 7.55. The van der Waals surface area contributed by atoms with Gasteiger partial charge in [-0.05, 0) is 36.6 Å². The Balaban J connectivity index is 1.66. The number of fused-ring (bicyclic) bond motifs is 1. The summed E-state index contributed by atoms with van der Waals surface area (Å²) >= 11 is 0. The van der Waals surface area contributed by atoms with Crippen molar-refractivity contribution < 1.29 is 24.2 Å². The first-order valence-corrected chi connectivity index (χ1v) is 9.42.